The predicted octanol–water partition coefficient (Wildman–Crippen LogP) is 3.12. The van der Waals surface area contributed by atoms with E-state index in [1.807, 2.05) is 48.5 Å². The fourth-order valence-electron chi connectivity index (χ4n) is 4.32. The molecule has 7 nitrogen and oxygen atoms in total. The van der Waals surface area contributed by atoms with Gasteiger partial charge in [-0.1, -0.05) is 48.5 Å². The van der Waals surface area contributed by atoms with Gasteiger partial charge in [-0.15, -0.1) is 0 Å². The second-order valence-electron chi connectivity index (χ2n) is 8.44. The number of para-hydroxylation sites is 1. The normalized spacial score (nSPS) is 18.7. The summed E-state index contributed by atoms with van der Waals surface area (Å²) in [5.74, 6) is 0.00177. The lowest BCUT2D eigenvalue weighted by atomic mass is 9.95. The summed E-state index contributed by atoms with van der Waals surface area (Å²) in [4.78, 5) is 29.8. The van der Waals surface area contributed by atoms with Crippen molar-refractivity contribution in [2.45, 2.75) is 18.9 Å². The number of anilines is 1. The molecule has 1 atom stereocenters. The van der Waals surface area contributed by atoms with Gasteiger partial charge in [-0.25, -0.2) is 4.79 Å². The molecule has 4 rings (SSSR count). The van der Waals surface area contributed by atoms with E-state index in [0.717, 1.165) is 44.1 Å². The Morgan fingerprint density at radius 3 is 2.19 bits per heavy atom. The minimum atomic E-state index is -0.107. The van der Waals surface area contributed by atoms with Gasteiger partial charge in [0, 0.05) is 44.3 Å². The third-order valence-corrected chi connectivity index (χ3v) is 6.24. The molecule has 2 saturated heterocycles. The van der Waals surface area contributed by atoms with Gasteiger partial charge in [0.15, 0.2) is 0 Å². The van der Waals surface area contributed by atoms with E-state index in [9.17, 15) is 9.59 Å². The van der Waals surface area contributed by atoms with Crippen LogP contribution in [0.2, 0.25) is 0 Å². The van der Waals surface area contributed by atoms with Crippen LogP contribution in [-0.2, 0) is 9.53 Å². The number of piperidine rings is 1. The first-order chi connectivity index (χ1) is 15.7. The fourth-order valence-corrected chi connectivity index (χ4v) is 4.32. The van der Waals surface area contributed by atoms with Gasteiger partial charge in [-0.3, -0.25) is 9.69 Å². The molecule has 0 spiro atoms. The quantitative estimate of drug-likeness (QED) is 0.730. The van der Waals surface area contributed by atoms with Crippen molar-refractivity contribution in [1.29, 1.82) is 0 Å². The number of hydrogen-bond acceptors (Lipinski definition) is 4. The van der Waals surface area contributed by atoms with E-state index in [1.165, 1.54) is 0 Å². The van der Waals surface area contributed by atoms with Crippen LogP contribution in [0.15, 0.2) is 60.7 Å². The number of carbonyl (C=O) groups excluding carboxylic acids is 2. The molecule has 0 aromatic heterocycles. The number of nitrogens with zero attached hydrogens (tertiary/aromatic N) is 2. The summed E-state index contributed by atoms with van der Waals surface area (Å²) < 4.78 is 5.46. The summed E-state index contributed by atoms with van der Waals surface area (Å²) in [6.07, 6.45) is 1.35. The van der Waals surface area contributed by atoms with Crippen LogP contribution in [0, 0.1) is 5.92 Å². The molecular formula is C25H32N4O3. The van der Waals surface area contributed by atoms with Gasteiger partial charge in [-0.05, 0) is 30.5 Å². The Labute approximate surface area is 189 Å². The molecule has 2 aromatic carbocycles. The maximum atomic E-state index is 13.1. The minimum Gasteiger partial charge on any atom is -0.379 e. The third kappa shape index (κ3) is 6.08. The predicted molar refractivity (Wildman–Crippen MR) is 124 cm³/mol. The largest absolute Gasteiger partial charge is 0.379 e. The Morgan fingerprint density at radius 2 is 1.53 bits per heavy atom. The van der Waals surface area contributed by atoms with Gasteiger partial charge >= 0.3 is 6.03 Å². The minimum absolute atomic E-state index is 0.0544. The number of hydrogen-bond donors (Lipinski definition) is 2. The maximum Gasteiger partial charge on any atom is 0.321 e. The van der Waals surface area contributed by atoms with Crippen molar-refractivity contribution in [3.8, 4) is 0 Å². The zero-order valence-corrected chi connectivity index (χ0v) is 18.4. The lowest BCUT2D eigenvalue weighted by Gasteiger charge is -2.34. The molecule has 170 valence electrons. The monoisotopic (exact) mass is 436 g/mol. The van der Waals surface area contributed by atoms with E-state index in [4.69, 9.17) is 4.74 Å². The molecule has 32 heavy (non-hydrogen) atoms. The van der Waals surface area contributed by atoms with E-state index in [-0.39, 0.29) is 23.9 Å². The van der Waals surface area contributed by atoms with Gasteiger partial charge in [0.05, 0.1) is 19.3 Å². The average Bonchev–Trinajstić information content (AvgIpc) is 2.85. The topological polar surface area (TPSA) is 73.9 Å². The van der Waals surface area contributed by atoms with Gasteiger partial charge in [-0.2, -0.15) is 0 Å². The molecule has 0 saturated carbocycles. The smallest absolute Gasteiger partial charge is 0.321 e. The number of urea groups is 1. The number of amides is 3. The molecule has 2 aromatic rings. The number of likely N-dealkylation sites (tertiary alicyclic amines) is 1. The van der Waals surface area contributed by atoms with Crippen LogP contribution in [0.4, 0.5) is 10.5 Å². The highest BCUT2D eigenvalue weighted by atomic mass is 16.5. The molecule has 2 fully saturated rings. The van der Waals surface area contributed by atoms with Crippen LogP contribution in [0.25, 0.3) is 0 Å². The first-order valence-corrected chi connectivity index (χ1v) is 11.5. The first kappa shape index (κ1) is 22.3. The Morgan fingerprint density at radius 1 is 0.906 bits per heavy atom. The number of nitrogens with one attached hydrogen (secondary N) is 2. The van der Waals surface area contributed by atoms with Crippen molar-refractivity contribution in [2.24, 2.45) is 5.92 Å². The summed E-state index contributed by atoms with van der Waals surface area (Å²) in [5.41, 5.74) is 1.90. The Balaban J connectivity index is 1.31. The Bertz CT molecular complexity index is 863. The third-order valence-electron chi connectivity index (χ3n) is 6.24. The van der Waals surface area contributed by atoms with Crippen molar-refractivity contribution in [1.82, 2.24) is 15.1 Å². The van der Waals surface area contributed by atoms with Crippen LogP contribution in [0.5, 0.6) is 0 Å². The lowest BCUT2D eigenvalue weighted by molar-refractivity contribution is -0.127. The van der Waals surface area contributed by atoms with Crippen molar-refractivity contribution in [2.75, 3.05) is 51.3 Å². The molecule has 0 aliphatic carbocycles. The highest BCUT2D eigenvalue weighted by molar-refractivity contribution is 5.89. The lowest BCUT2D eigenvalue weighted by Crippen LogP contribution is -2.47. The standard InChI is InChI=1S/C25H32N4O3/c30-24(21-11-13-29(14-12-21)25(31)26-22-9-5-2-6-10-22)27-23(20-7-3-1-4-8-20)19-28-15-17-32-18-16-28/h1-10,21,23H,11-19H2,(H,26,31)(H,27,30). The SMILES string of the molecule is O=C(NC(CN1CCOCC1)c1ccccc1)C1CCN(C(=O)Nc2ccccc2)CC1. The first-order valence-electron chi connectivity index (χ1n) is 11.5. The molecule has 3 amide bonds. The maximum absolute atomic E-state index is 13.1. The molecule has 2 heterocycles. The zero-order chi connectivity index (χ0) is 22.2. The van der Waals surface area contributed by atoms with Crippen molar-refractivity contribution in [3.63, 3.8) is 0 Å². The summed E-state index contributed by atoms with van der Waals surface area (Å²) in [6, 6.07) is 19.4. The molecule has 1 unspecified atom stereocenters. The highest BCUT2D eigenvalue weighted by Gasteiger charge is 2.29. The van der Waals surface area contributed by atoms with Crippen LogP contribution in [0.3, 0.4) is 0 Å². The Kier molecular flexibility index (Phi) is 7.74. The number of morpholine rings is 1. The van der Waals surface area contributed by atoms with Gasteiger partial charge in [0.25, 0.3) is 0 Å². The van der Waals surface area contributed by atoms with Crippen molar-refractivity contribution >= 4 is 17.6 Å². The highest BCUT2D eigenvalue weighted by Crippen LogP contribution is 2.21. The number of benzene rings is 2. The molecule has 0 radical (unpaired) electrons. The molecule has 2 aliphatic rings. The summed E-state index contributed by atoms with van der Waals surface area (Å²) in [6.45, 7) is 5.17. The van der Waals surface area contributed by atoms with E-state index < -0.39 is 0 Å². The summed E-state index contributed by atoms with van der Waals surface area (Å²) in [5, 5.41) is 6.22. The van der Waals surface area contributed by atoms with Crippen LogP contribution < -0.4 is 10.6 Å². The van der Waals surface area contributed by atoms with E-state index in [2.05, 4.69) is 27.7 Å². The van der Waals surface area contributed by atoms with E-state index in [1.54, 1.807) is 4.90 Å². The number of carbonyl (C=O) groups is 2. The molecular weight excluding hydrogens is 404 g/mol. The van der Waals surface area contributed by atoms with Crippen molar-refractivity contribution in [3.05, 3.63) is 66.2 Å². The van der Waals surface area contributed by atoms with Crippen molar-refractivity contribution < 1.29 is 14.3 Å². The van der Waals surface area contributed by atoms with Crippen LogP contribution in [-0.4, -0.2) is 67.7 Å². The summed E-state index contributed by atoms with van der Waals surface area (Å²) >= 11 is 0. The summed E-state index contributed by atoms with van der Waals surface area (Å²) in [7, 11) is 0. The average molecular weight is 437 g/mol. The fraction of sp³-hybridized carbons (Fsp3) is 0.440. The molecule has 2 N–H and O–H groups in total. The van der Waals surface area contributed by atoms with Gasteiger partial charge in [0.1, 0.15) is 0 Å². The second kappa shape index (κ2) is 11.1. The van der Waals surface area contributed by atoms with E-state index in [0.29, 0.717) is 25.9 Å². The number of rotatable bonds is 6. The second-order valence-corrected chi connectivity index (χ2v) is 8.44. The number of ether oxygens (including phenoxy) is 1. The zero-order valence-electron chi connectivity index (χ0n) is 18.4. The molecule has 2 aliphatic heterocycles. The van der Waals surface area contributed by atoms with Gasteiger partial charge in [0.2, 0.25) is 5.91 Å². The molecule has 0 bridgehead atoms. The molecule has 7 heteroatoms. The Hall–Kier alpha value is -2.90. The van der Waals surface area contributed by atoms with E-state index >= 15 is 0 Å². The van der Waals surface area contributed by atoms with Gasteiger partial charge < -0.3 is 20.3 Å². The van der Waals surface area contributed by atoms with Crippen LogP contribution >= 0.6 is 0 Å². The van der Waals surface area contributed by atoms with Crippen LogP contribution in [0.1, 0.15) is 24.4 Å².